The second-order valence-corrected chi connectivity index (χ2v) is 12.1. The van der Waals surface area contributed by atoms with Gasteiger partial charge in [0.15, 0.2) is 0 Å². The van der Waals surface area contributed by atoms with Crippen LogP contribution in [0.5, 0.6) is 0 Å². The first-order chi connectivity index (χ1) is 22.4. The van der Waals surface area contributed by atoms with Crippen LogP contribution in [0.2, 0.25) is 0 Å². The van der Waals surface area contributed by atoms with Gasteiger partial charge in [-0.05, 0) is 53.2 Å². The monoisotopic (exact) mass is 563 g/mol. The summed E-state index contributed by atoms with van der Waals surface area (Å²) in [6, 6.07) is 33.2. The van der Waals surface area contributed by atoms with Crippen LogP contribution in [0.25, 0.3) is 63.2 Å². The molecule has 0 saturated heterocycles. The Morgan fingerprint density at radius 2 is 1.44 bits per heavy atom. The number of hydrogen-bond donors (Lipinski definition) is 0. The third kappa shape index (κ3) is 3.51. The molecule has 0 saturated carbocycles. The molecule has 192 valence electrons. The highest BCUT2D eigenvalue weighted by Gasteiger charge is 2.28. The maximum atomic E-state index is 8.98. The lowest BCUT2D eigenvalue weighted by Crippen LogP contribution is -2.10. The topological polar surface area (TPSA) is 16.1 Å². The third-order valence-corrected chi connectivity index (χ3v) is 9.97. The molecule has 0 spiro atoms. The highest BCUT2D eigenvalue weighted by Crippen LogP contribution is 2.53. The van der Waals surface area contributed by atoms with Gasteiger partial charge in [-0.15, -0.1) is 22.7 Å². The predicted octanol–water partition coefficient (Wildman–Crippen LogP) is 11.4. The van der Waals surface area contributed by atoms with Crippen molar-refractivity contribution >= 4 is 70.7 Å². The van der Waals surface area contributed by atoms with Gasteiger partial charge in [-0.1, -0.05) is 90.9 Å². The van der Waals surface area contributed by atoms with Crippen molar-refractivity contribution in [2.24, 2.45) is 0 Å². The fourth-order valence-corrected chi connectivity index (χ4v) is 8.18. The van der Waals surface area contributed by atoms with Gasteiger partial charge in [-0.3, -0.25) is 0 Å². The minimum Gasteiger partial charge on any atom is -0.310 e. The molecule has 0 N–H and O–H groups in total. The molecule has 1 aliphatic carbocycles. The van der Waals surface area contributed by atoms with Crippen LogP contribution in [0.4, 0.5) is 17.1 Å². The molecule has 0 fully saturated rings. The van der Waals surface area contributed by atoms with Gasteiger partial charge in [0, 0.05) is 53.9 Å². The number of anilines is 3. The van der Waals surface area contributed by atoms with Crippen molar-refractivity contribution in [3.05, 3.63) is 133 Å². The summed E-state index contributed by atoms with van der Waals surface area (Å²) in [4.78, 5) is 8.05. The van der Waals surface area contributed by atoms with E-state index in [1.165, 1.54) is 10.1 Å². The van der Waals surface area contributed by atoms with Gasteiger partial charge in [0.1, 0.15) is 5.01 Å². The maximum absolute atomic E-state index is 8.98. The van der Waals surface area contributed by atoms with E-state index in [9.17, 15) is 0 Å². The fourth-order valence-electron chi connectivity index (χ4n) is 5.92. The number of nitrogens with zero attached hydrogens (tertiary/aromatic N) is 2. The number of aromatic nitrogens is 1. The molecule has 0 unspecified atom stereocenters. The van der Waals surface area contributed by atoms with E-state index in [0.717, 1.165) is 53.1 Å². The van der Waals surface area contributed by atoms with Crippen molar-refractivity contribution in [1.82, 2.24) is 4.98 Å². The van der Waals surface area contributed by atoms with E-state index < -0.39 is 6.04 Å². The SMILES string of the molecule is [2H]c1c([2H])c([2H])c(N(c2cc3c4c(cccc4c2)-c2sc(-c4ccccc4)nc2-3)c2ccc3c(c2)sc2ccccc23)c([2H])c1[2H]. The molecule has 0 aliphatic heterocycles. The number of thiazole rings is 1. The van der Waals surface area contributed by atoms with Crippen molar-refractivity contribution in [3.8, 4) is 32.3 Å². The number of hydrogen-bond acceptors (Lipinski definition) is 4. The summed E-state index contributed by atoms with van der Waals surface area (Å²) >= 11 is 3.35. The van der Waals surface area contributed by atoms with Crippen LogP contribution in [0.3, 0.4) is 0 Å². The van der Waals surface area contributed by atoms with Gasteiger partial charge >= 0.3 is 0 Å². The quantitative estimate of drug-likeness (QED) is 0.212. The Morgan fingerprint density at radius 3 is 2.34 bits per heavy atom. The highest BCUT2D eigenvalue weighted by atomic mass is 32.1. The molecule has 8 aromatic rings. The van der Waals surface area contributed by atoms with Crippen LogP contribution in [0.1, 0.15) is 6.85 Å². The van der Waals surface area contributed by atoms with E-state index in [0.29, 0.717) is 11.4 Å². The highest BCUT2D eigenvalue weighted by molar-refractivity contribution is 7.25. The van der Waals surface area contributed by atoms with Gasteiger partial charge in [-0.2, -0.15) is 0 Å². The number of para-hydroxylation sites is 1. The summed E-state index contributed by atoms with van der Waals surface area (Å²) in [7, 11) is 0. The molecule has 0 radical (unpaired) electrons. The summed E-state index contributed by atoms with van der Waals surface area (Å²) < 4.78 is 45.5. The first-order valence-electron chi connectivity index (χ1n) is 15.8. The summed E-state index contributed by atoms with van der Waals surface area (Å²) in [5, 5.41) is 5.33. The molecule has 0 atom stereocenters. The van der Waals surface area contributed by atoms with Crippen LogP contribution >= 0.6 is 22.7 Å². The molecule has 6 aromatic carbocycles. The van der Waals surface area contributed by atoms with E-state index in [1.807, 2.05) is 53.4 Å². The molecule has 4 heteroatoms. The van der Waals surface area contributed by atoms with E-state index >= 15 is 0 Å². The first kappa shape index (κ1) is 18.6. The molecule has 9 rings (SSSR count). The Labute approximate surface area is 252 Å². The molecular formula is C37H22N2S2. The Hall–Kier alpha value is -4.77. The Morgan fingerprint density at radius 1 is 0.610 bits per heavy atom. The summed E-state index contributed by atoms with van der Waals surface area (Å²) in [6.45, 7) is 0. The molecule has 41 heavy (non-hydrogen) atoms. The first-order valence-corrected chi connectivity index (χ1v) is 14.9. The average Bonchev–Trinajstić information content (AvgIpc) is 3.77. The molecular weight excluding hydrogens is 537 g/mol. The summed E-state index contributed by atoms with van der Waals surface area (Å²) in [5.41, 5.74) is 5.58. The molecule has 0 bridgehead atoms. The van der Waals surface area contributed by atoms with Gasteiger partial charge in [0.25, 0.3) is 0 Å². The second-order valence-electron chi connectivity index (χ2n) is 10.0. The lowest BCUT2D eigenvalue weighted by atomic mass is 10.0. The Balaban J connectivity index is 1.32. The summed E-state index contributed by atoms with van der Waals surface area (Å²) in [5.74, 6) is 0. The lowest BCUT2D eigenvalue weighted by molar-refractivity contribution is 1.29. The maximum Gasteiger partial charge on any atom is 0.124 e. The third-order valence-electron chi connectivity index (χ3n) is 7.70. The van der Waals surface area contributed by atoms with Gasteiger partial charge in [0.2, 0.25) is 0 Å². The van der Waals surface area contributed by atoms with Crippen molar-refractivity contribution in [3.63, 3.8) is 0 Å². The zero-order chi connectivity index (χ0) is 31.3. The van der Waals surface area contributed by atoms with Crippen LogP contribution in [-0.2, 0) is 0 Å². The second kappa shape index (κ2) is 8.87. The summed E-state index contributed by atoms with van der Waals surface area (Å²) in [6.07, 6.45) is 0. The fraction of sp³-hybridized carbons (Fsp3) is 0. The van der Waals surface area contributed by atoms with E-state index in [4.69, 9.17) is 11.8 Å². The van der Waals surface area contributed by atoms with E-state index in [-0.39, 0.29) is 29.9 Å². The number of thiophene rings is 1. The normalized spacial score (nSPS) is 13.6. The van der Waals surface area contributed by atoms with Crippen molar-refractivity contribution in [2.75, 3.05) is 4.90 Å². The predicted molar refractivity (Wildman–Crippen MR) is 177 cm³/mol. The van der Waals surface area contributed by atoms with Gasteiger partial charge < -0.3 is 4.90 Å². The van der Waals surface area contributed by atoms with E-state index in [2.05, 4.69) is 54.6 Å². The van der Waals surface area contributed by atoms with E-state index in [1.54, 1.807) is 22.7 Å². The smallest absolute Gasteiger partial charge is 0.124 e. The number of benzene rings is 6. The molecule has 0 amide bonds. The van der Waals surface area contributed by atoms with Crippen molar-refractivity contribution in [1.29, 1.82) is 0 Å². The zero-order valence-electron chi connectivity index (χ0n) is 26.5. The molecule has 1 aliphatic rings. The standard InChI is InChI=1S/C37H22N2S2/c1-3-10-23(11-4-1)37-38-35-31-21-27(20-24-12-9-16-30(34(24)31)36(35)41-37)39(25-13-5-2-6-14-25)26-18-19-29-28-15-7-8-17-32(28)40-33(29)22-26/h1-22H/i2D,5D,6D,13D,14D. The van der Waals surface area contributed by atoms with Crippen molar-refractivity contribution in [2.45, 2.75) is 0 Å². The van der Waals surface area contributed by atoms with Crippen LogP contribution in [-0.4, -0.2) is 4.98 Å². The largest absolute Gasteiger partial charge is 0.310 e. The molecule has 2 heterocycles. The molecule has 2 aromatic heterocycles. The minimum atomic E-state index is -0.416. The molecule has 2 nitrogen and oxygen atoms in total. The average molecular weight is 564 g/mol. The Kier molecular flexibility index (Phi) is 4.01. The van der Waals surface area contributed by atoms with Crippen LogP contribution in [0.15, 0.2) is 133 Å². The lowest BCUT2D eigenvalue weighted by Gasteiger charge is -2.26. The number of fused-ring (bicyclic) bond motifs is 6. The van der Waals surface area contributed by atoms with Crippen LogP contribution in [0, 0.1) is 0 Å². The Bertz CT molecular complexity index is 2530. The van der Waals surface area contributed by atoms with Crippen LogP contribution < -0.4 is 4.90 Å². The zero-order valence-corrected chi connectivity index (χ0v) is 23.2. The number of rotatable bonds is 4. The van der Waals surface area contributed by atoms with Gasteiger partial charge in [0.05, 0.1) is 17.4 Å². The van der Waals surface area contributed by atoms with Gasteiger partial charge in [-0.25, -0.2) is 4.98 Å². The minimum absolute atomic E-state index is 0.107. The van der Waals surface area contributed by atoms with Crippen molar-refractivity contribution < 1.29 is 6.85 Å².